The van der Waals surface area contributed by atoms with Gasteiger partial charge in [0.15, 0.2) is 5.96 Å². The predicted octanol–water partition coefficient (Wildman–Crippen LogP) is 1.93. The number of hydrogen-bond donors (Lipinski definition) is 2. The van der Waals surface area contributed by atoms with Gasteiger partial charge in [-0.15, -0.1) is 35.3 Å². The van der Waals surface area contributed by atoms with Crippen molar-refractivity contribution < 1.29 is 4.74 Å². The fraction of sp³-hybridized carbons (Fsp3) is 0.667. The summed E-state index contributed by atoms with van der Waals surface area (Å²) >= 11 is 1.89. The zero-order valence-electron chi connectivity index (χ0n) is 13.4. The molecule has 2 N–H and O–H groups in total. The van der Waals surface area contributed by atoms with E-state index in [1.54, 1.807) is 12.0 Å². The summed E-state index contributed by atoms with van der Waals surface area (Å²) < 4.78 is 5.03. The highest BCUT2D eigenvalue weighted by atomic mass is 127. The number of nitrogens with one attached hydrogen (secondary N) is 2. The molecule has 126 valence electrons. The number of nitrogens with zero attached hydrogens (tertiary/aromatic N) is 2. The molecule has 1 aliphatic heterocycles. The molecule has 7 heteroatoms. The van der Waals surface area contributed by atoms with Crippen LogP contribution in [0.15, 0.2) is 16.4 Å². The number of thiophene rings is 1. The zero-order valence-corrected chi connectivity index (χ0v) is 16.6. The third-order valence-electron chi connectivity index (χ3n) is 3.65. The molecule has 5 nitrogen and oxygen atoms in total. The van der Waals surface area contributed by atoms with Gasteiger partial charge in [-0.3, -0.25) is 9.89 Å². The van der Waals surface area contributed by atoms with Crippen molar-refractivity contribution in [2.75, 3.05) is 46.9 Å². The molecule has 2 heterocycles. The Kier molecular flexibility index (Phi) is 10.0. The van der Waals surface area contributed by atoms with Crippen LogP contribution in [0, 0.1) is 0 Å². The van der Waals surface area contributed by atoms with E-state index in [2.05, 4.69) is 32.0 Å². The van der Waals surface area contributed by atoms with E-state index in [-0.39, 0.29) is 24.0 Å². The molecule has 0 radical (unpaired) electrons. The summed E-state index contributed by atoms with van der Waals surface area (Å²) in [5.41, 5.74) is 1.51. The first kappa shape index (κ1) is 19.7. The molecule has 0 unspecified atom stereocenters. The van der Waals surface area contributed by atoms with Gasteiger partial charge in [-0.1, -0.05) is 0 Å². The molecule has 22 heavy (non-hydrogen) atoms. The summed E-state index contributed by atoms with van der Waals surface area (Å²) in [7, 11) is 3.54. The minimum absolute atomic E-state index is 0. The molecule has 0 fully saturated rings. The third kappa shape index (κ3) is 6.39. The van der Waals surface area contributed by atoms with Crippen LogP contribution in [0.2, 0.25) is 0 Å². The fourth-order valence-corrected chi connectivity index (χ4v) is 3.36. The molecule has 0 saturated carbocycles. The van der Waals surface area contributed by atoms with Crippen molar-refractivity contribution in [3.05, 3.63) is 21.9 Å². The van der Waals surface area contributed by atoms with Crippen LogP contribution in [0.3, 0.4) is 0 Å². The highest BCUT2D eigenvalue weighted by molar-refractivity contribution is 14.0. The lowest BCUT2D eigenvalue weighted by Gasteiger charge is -2.27. The molecular weight excluding hydrogens is 411 g/mol. The molecule has 1 aromatic heterocycles. The van der Waals surface area contributed by atoms with Gasteiger partial charge >= 0.3 is 0 Å². The van der Waals surface area contributed by atoms with Crippen LogP contribution in [-0.2, 0) is 17.7 Å². The lowest BCUT2D eigenvalue weighted by molar-refractivity contribution is 0.195. The van der Waals surface area contributed by atoms with Gasteiger partial charge in [0.1, 0.15) is 0 Å². The Morgan fingerprint density at radius 2 is 2.23 bits per heavy atom. The van der Waals surface area contributed by atoms with E-state index in [0.717, 1.165) is 51.7 Å². The predicted molar refractivity (Wildman–Crippen MR) is 105 cm³/mol. The number of rotatable bonds is 7. The molecule has 1 aliphatic rings. The van der Waals surface area contributed by atoms with Crippen LogP contribution >= 0.6 is 35.3 Å². The fourth-order valence-electron chi connectivity index (χ4n) is 2.47. The molecular formula is C15H27IN4OS. The molecule has 2 rings (SSSR count). The van der Waals surface area contributed by atoms with Crippen molar-refractivity contribution in [2.24, 2.45) is 4.99 Å². The number of fused-ring (bicyclic) bond motifs is 1. The van der Waals surface area contributed by atoms with Crippen molar-refractivity contribution >= 4 is 41.3 Å². The van der Waals surface area contributed by atoms with Gasteiger partial charge in [0, 0.05) is 58.4 Å². The molecule has 0 amide bonds. The van der Waals surface area contributed by atoms with Gasteiger partial charge in [0.2, 0.25) is 0 Å². The average molecular weight is 438 g/mol. The maximum absolute atomic E-state index is 5.03. The summed E-state index contributed by atoms with van der Waals surface area (Å²) in [4.78, 5) is 8.30. The van der Waals surface area contributed by atoms with Crippen molar-refractivity contribution in [1.29, 1.82) is 0 Å². The van der Waals surface area contributed by atoms with E-state index < -0.39 is 0 Å². The van der Waals surface area contributed by atoms with E-state index in [0.29, 0.717) is 0 Å². The van der Waals surface area contributed by atoms with E-state index in [1.807, 2.05) is 18.4 Å². The monoisotopic (exact) mass is 438 g/mol. The quantitative estimate of drug-likeness (QED) is 0.296. The Balaban J connectivity index is 0.00000242. The molecule has 1 aromatic rings. The van der Waals surface area contributed by atoms with Crippen LogP contribution in [0.5, 0.6) is 0 Å². The molecule has 0 aliphatic carbocycles. The summed E-state index contributed by atoms with van der Waals surface area (Å²) in [5.74, 6) is 0.874. The standard InChI is InChI=1S/C15H26N4OS.HI/c1-16-15(17-6-3-10-20-2)18-7-9-19-8-4-14-13(12-19)5-11-21-14;/h5,11H,3-4,6-10,12H2,1-2H3,(H2,16,17,18);1H. The molecule has 0 spiro atoms. The van der Waals surface area contributed by atoms with E-state index >= 15 is 0 Å². The maximum atomic E-state index is 5.03. The van der Waals surface area contributed by atoms with E-state index in [4.69, 9.17) is 4.74 Å². The number of methoxy groups -OCH3 is 1. The van der Waals surface area contributed by atoms with Crippen molar-refractivity contribution in [2.45, 2.75) is 19.4 Å². The highest BCUT2D eigenvalue weighted by Crippen LogP contribution is 2.23. The van der Waals surface area contributed by atoms with Crippen LogP contribution in [0.25, 0.3) is 0 Å². The first-order chi connectivity index (χ1) is 10.3. The first-order valence-corrected chi connectivity index (χ1v) is 8.42. The Bertz CT molecular complexity index is 453. The Morgan fingerprint density at radius 1 is 1.41 bits per heavy atom. The average Bonchev–Trinajstić information content (AvgIpc) is 2.97. The minimum atomic E-state index is 0. The van der Waals surface area contributed by atoms with Crippen molar-refractivity contribution in [3.63, 3.8) is 0 Å². The molecule has 0 bridgehead atoms. The summed E-state index contributed by atoms with van der Waals surface area (Å²) in [6.07, 6.45) is 2.18. The topological polar surface area (TPSA) is 48.9 Å². The van der Waals surface area contributed by atoms with Gasteiger partial charge in [-0.2, -0.15) is 0 Å². The van der Waals surface area contributed by atoms with Gasteiger partial charge in [0.25, 0.3) is 0 Å². The van der Waals surface area contributed by atoms with Gasteiger partial charge in [-0.25, -0.2) is 0 Å². The first-order valence-electron chi connectivity index (χ1n) is 7.54. The van der Waals surface area contributed by atoms with Gasteiger partial charge < -0.3 is 15.4 Å². The van der Waals surface area contributed by atoms with Crippen molar-refractivity contribution in [3.8, 4) is 0 Å². The third-order valence-corrected chi connectivity index (χ3v) is 4.67. The number of guanidine groups is 1. The Labute approximate surface area is 154 Å². The number of aliphatic imine (C=N–C) groups is 1. The lowest BCUT2D eigenvalue weighted by atomic mass is 10.1. The molecule has 0 saturated heterocycles. The zero-order chi connectivity index (χ0) is 14.9. The lowest BCUT2D eigenvalue weighted by Crippen LogP contribution is -2.42. The molecule has 0 aromatic carbocycles. The van der Waals surface area contributed by atoms with Gasteiger partial charge in [0.05, 0.1) is 0 Å². The number of hydrogen-bond acceptors (Lipinski definition) is 4. The van der Waals surface area contributed by atoms with E-state index in [9.17, 15) is 0 Å². The smallest absolute Gasteiger partial charge is 0.191 e. The van der Waals surface area contributed by atoms with Crippen LogP contribution < -0.4 is 10.6 Å². The summed E-state index contributed by atoms with van der Waals surface area (Å²) in [6.45, 7) is 5.88. The van der Waals surface area contributed by atoms with Crippen molar-refractivity contribution in [1.82, 2.24) is 15.5 Å². The second-order valence-corrected chi connectivity index (χ2v) is 6.17. The SMILES string of the molecule is CN=C(NCCCOC)NCCN1CCc2sccc2C1.I. The van der Waals surface area contributed by atoms with Crippen LogP contribution in [0.1, 0.15) is 16.9 Å². The number of halogens is 1. The summed E-state index contributed by atoms with van der Waals surface area (Å²) in [6, 6.07) is 2.26. The Hall–Kier alpha value is -0.380. The second kappa shape index (κ2) is 11.2. The second-order valence-electron chi connectivity index (χ2n) is 5.17. The van der Waals surface area contributed by atoms with Gasteiger partial charge in [-0.05, 0) is 29.9 Å². The van der Waals surface area contributed by atoms with Crippen LogP contribution in [-0.4, -0.2) is 57.8 Å². The summed E-state index contributed by atoms with van der Waals surface area (Å²) in [5, 5.41) is 8.87. The molecule has 0 atom stereocenters. The van der Waals surface area contributed by atoms with E-state index in [1.165, 1.54) is 12.0 Å². The maximum Gasteiger partial charge on any atom is 0.191 e. The largest absolute Gasteiger partial charge is 0.385 e. The minimum Gasteiger partial charge on any atom is -0.385 e. The number of ether oxygens (including phenoxy) is 1. The normalized spacial score (nSPS) is 15.1. The highest BCUT2D eigenvalue weighted by Gasteiger charge is 2.16. The van der Waals surface area contributed by atoms with Crippen LogP contribution in [0.4, 0.5) is 0 Å². The Morgan fingerprint density at radius 3 is 3.00 bits per heavy atom.